The van der Waals surface area contributed by atoms with Crippen molar-refractivity contribution in [2.75, 3.05) is 33.3 Å². The van der Waals surface area contributed by atoms with Gasteiger partial charge < -0.3 is 20.3 Å². The summed E-state index contributed by atoms with van der Waals surface area (Å²) in [6, 6.07) is 4.82. The van der Waals surface area contributed by atoms with Crippen LogP contribution in [0.1, 0.15) is 36.4 Å². The van der Waals surface area contributed by atoms with E-state index in [0.29, 0.717) is 19.1 Å². The topological polar surface area (TPSA) is 53.6 Å². The number of fused-ring (bicyclic) bond motifs is 1. The fraction of sp³-hybridized carbons (Fsp3) is 0.611. The van der Waals surface area contributed by atoms with Crippen molar-refractivity contribution in [3.8, 4) is 0 Å². The lowest BCUT2D eigenvalue weighted by Gasteiger charge is -2.31. The van der Waals surface area contributed by atoms with Gasteiger partial charge in [-0.15, -0.1) is 0 Å². The predicted molar refractivity (Wildman–Crippen MR) is 90.5 cm³/mol. The minimum absolute atomic E-state index is 0.0897. The molecule has 1 fully saturated rings. The number of nitrogens with zero attached hydrogens (tertiary/aromatic N) is 1. The first-order valence-corrected chi connectivity index (χ1v) is 8.74. The van der Waals surface area contributed by atoms with E-state index in [2.05, 4.69) is 15.5 Å². The summed E-state index contributed by atoms with van der Waals surface area (Å²) in [7, 11) is 1.76. The number of likely N-dealkylation sites (tertiary alicyclic amines) is 1. The molecule has 132 valence electrons. The Labute approximate surface area is 142 Å². The van der Waals surface area contributed by atoms with E-state index < -0.39 is 0 Å². The molecule has 2 aliphatic rings. The first-order chi connectivity index (χ1) is 11.7. The molecule has 1 aromatic rings. The van der Waals surface area contributed by atoms with E-state index in [1.54, 1.807) is 13.2 Å². The second kappa shape index (κ2) is 7.94. The number of hydrogen-bond acceptors (Lipinski definition) is 3. The fourth-order valence-electron chi connectivity index (χ4n) is 3.67. The van der Waals surface area contributed by atoms with Crippen LogP contribution in [0.4, 0.5) is 9.18 Å². The lowest BCUT2D eigenvalue weighted by atomic mass is 10.1. The minimum atomic E-state index is -0.177. The molecule has 0 spiro atoms. The molecule has 3 rings (SSSR count). The number of benzene rings is 1. The first kappa shape index (κ1) is 17.2. The van der Waals surface area contributed by atoms with Gasteiger partial charge in [-0.1, -0.05) is 12.1 Å². The average molecular weight is 335 g/mol. The highest BCUT2D eigenvalue weighted by atomic mass is 19.1. The molecule has 1 heterocycles. The third kappa shape index (κ3) is 4.05. The van der Waals surface area contributed by atoms with Gasteiger partial charge >= 0.3 is 6.03 Å². The Bertz CT molecular complexity index is 573. The van der Waals surface area contributed by atoms with Crippen molar-refractivity contribution in [3.05, 3.63) is 35.1 Å². The summed E-state index contributed by atoms with van der Waals surface area (Å²) < 4.78 is 19.1. The van der Waals surface area contributed by atoms with Gasteiger partial charge in [0.05, 0.1) is 12.1 Å². The zero-order valence-electron chi connectivity index (χ0n) is 14.2. The van der Waals surface area contributed by atoms with Gasteiger partial charge in [0.2, 0.25) is 0 Å². The summed E-state index contributed by atoms with van der Waals surface area (Å²) in [5.41, 5.74) is 1.65. The highest BCUT2D eigenvalue weighted by molar-refractivity contribution is 5.74. The van der Waals surface area contributed by atoms with Crippen LogP contribution in [-0.2, 0) is 11.2 Å². The smallest absolute Gasteiger partial charge is 0.315 e. The zero-order valence-corrected chi connectivity index (χ0v) is 14.2. The van der Waals surface area contributed by atoms with Gasteiger partial charge in [-0.3, -0.25) is 0 Å². The van der Waals surface area contributed by atoms with Crippen molar-refractivity contribution in [3.63, 3.8) is 0 Å². The van der Waals surface area contributed by atoms with E-state index in [4.69, 9.17) is 4.74 Å². The maximum atomic E-state index is 13.7. The number of methoxy groups -OCH3 is 1. The second-order valence-electron chi connectivity index (χ2n) is 6.58. The highest BCUT2D eigenvalue weighted by Gasteiger charge is 2.26. The summed E-state index contributed by atoms with van der Waals surface area (Å²) in [5.74, 6) is -0.170. The number of piperidine rings is 1. The molecule has 0 unspecified atom stereocenters. The van der Waals surface area contributed by atoms with Gasteiger partial charge in [0.1, 0.15) is 5.82 Å². The number of carbonyl (C=O) groups is 1. The number of urea groups is 1. The minimum Gasteiger partial charge on any atom is -0.381 e. The maximum absolute atomic E-state index is 13.7. The summed E-state index contributed by atoms with van der Waals surface area (Å²) >= 11 is 0. The second-order valence-corrected chi connectivity index (χ2v) is 6.58. The summed E-state index contributed by atoms with van der Waals surface area (Å²) in [4.78, 5) is 14.4. The molecule has 1 aliphatic carbocycles. The Morgan fingerprint density at radius 3 is 2.88 bits per heavy atom. The van der Waals surface area contributed by atoms with E-state index in [1.165, 1.54) is 6.07 Å². The molecule has 1 saturated heterocycles. The Morgan fingerprint density at radius 2 is 2.12 bits per heavy atom. The molecular formula is C18H26FN3O2. The number of amides is 2. The van der Waals surface area contributed by atoms with Crippen molar-refractivity contribution in [2.45, 2.75) is 37.8 Å². The van der Waals surface area contributed by atoms with E-state index in [-0.39, 0.29) is 17.9 Å². The van der Waals surface area contributed by atoms with Crippen molar-refractivity contribution >= 4 is 6.03 Å². The molecule has 0 radical (unpaired) electrons. The Kier molecular flexibility index (Phi) is 5.68. The van der Waals surface area contributed by atoms with Crippen LogP contribution >= 0.6 is 0 Å². The lowest BCUT2D eigenvalue weighted by molar-refractivity contribution is 0.0416. The summed E-state index contributed by atoms with van der Waals surface area (Å²) in [6.45, 7) is 3.49. The van der Waals surface area contributed by atoms with Crippen LogP contribution in [0.5, 0.6) is 0 Å². The molecule has 2 N–H and O–H groups in total. The Balaban J connectivity index is 1.39. The van der Waals surface area contributed by atoms with Gasteiger partial charge in [0, 0.05) is 33.3 Å². The summed E-state index contributed by atoms with van der Waals surface area (Å²) in [6.07, 6.45) is 3.91. The first-order valence-electron chi connectivity index (χ1n) is 8.74. The van der Waals surface area contributed by atoms with Gasteiger partial charge in [-0.2, -0.15) is 0 Å². The van der Waals surface area contributed by atoms with Crippen LogP contribution < -0.4 is 10.6 Å². The SMILES string of the molecule is COC1CCN(CCNC(=O)N[C@@H]2CCc3c(F)cccc32)CC1. The number of halogens is 1. The molecule has 0 bridgehead atoms. The zero-order chi connectivity index (χ0) is 16.9. The Morgan fingerprint density at radius 1 is 1.33 bits per heavy atom. The number of hydrogen-bond donors (Lipinski definition) is 2. The molecule has 0 aromatic heterocycles. The number of rotatable bonds is 5. The van der Waals surface area contributed by atoms with Crippen molar-refractivity contribution in [2.24, 2.45) is 0 Å². The molecule has 1 atom stereocenters. The monoisotopic (exact) mass is 335 g/mol. The molecule has 24 heavy (non-hydrogen) atoms. The molecular weight excluding hydrogens is 309 g/mol. The van der Waals surface area contributed by atoms with Crippen LogP contribution in [0.2, 0.25) is 0 Å². The van der Waals surface area contributed by atoms with Gasteiger partial charge in [0.15, 0.2) is 0 Å². The molecule has 0 saturated carbocycles. The fourth-order valence-corrected chi connectivity index (χ4v) is 3.67. The van der Waals surface area contributed by atoms with Crippen LogP contribution in [0.25, 0.3) is 0 Å². The third-order valence-electron chi connectivity index (χ3n) is 5.10. The van der Waals surface area contributed by atoms with E-state index >= 15 is 0 Å². The maximum Gasteiger partial charge on any atom is 0.315 e. The van der Waals surface area contributed by atoms with Gasteiger partial charge in [-0.25, -0.2) is 9.18 Å². The number of ether oxygens (including phenoxy) is 1. The number of carbonyl (C=O) groups excluding carboxylic acids is 1. The van der Waals surface area contributed by atoms with Crippen LogP contribution in [-0.4, -0.2) is 50.3 Å². The van der Waals surface area contributed by atoms with Crippen molar-refractivity contribution in [1.82, 2.24) is 15.5 Å². The molecule has 6 heteroatoms. The Hall–Kier alpha value is -1.66. The van der Waals surface area contributed by atoms with E-state index in [0.717, 1.165) is 50.0 Å². The normalized spacial score (nSPS) is 21.5. The number of nitrogens with one attached hydrogen (secondary N) is 2. The summed E-state index contributed by atoms with van der Waals surface area (Å²) in [5, 5.41) is 5.87. The molecule has 1 aliphatic heterocycles. The highest BCUT2D eigenvalue weighted by Crippen LogP contribution is 2.32. The van der Waals surface area contributed by atoms with Crippen molar-refractivity contribution in [1.29, 1.82) is 0 Å². The lowest BCUT2D eigenvalue weighted by Crippen LogP contribution is -2.44. The van der Waals surface area contributed by atoms with Crippen LogP contribution in [0, 0.1) is 5.82 Å². The van der Waals surface area contributed by atoms with Crippen LogP contribution in [0.3, 0.4) is 0 Å². The average Bonchev–Trinajstić information content (AvgIpc) is 3.00. The van der Waals surface area contributed by atoms with E-state index in [1.807, 2.05) is 6.07 Å². The molecule has 1 aromatic carbocycles. The standard InChI is InChI=1S/C18H26FN3O2/c1-24-13-7-10-22(11-8-13)12-9-20-18(23)21-17-6-5-14-15(17)3-2-4-16(14)19/h2-4,13,17H,5-12H2,1H3,(H2,20,21,23)/t17-/m1/s1. The van der Waals surface area contributed by atoms with Crippen LogP contribution in [0.15, 0.2) is 18.2 Å². The molecule has 2 amide bonds. The quantitative estimate of drug-likeness (QED) is 0.868. The van der Waals surface area contributed by atoms with Gasteiger partial charge in [0.25, 0.3) is 0 Å². The van der Waals surface area contributed by atoms with Crippen molar-refractivity contribution < 1.29 is 13.9 Å². The molecule has 5 nitrogen and oxygen atoms in total. The predicted octanol–water partition coefficient (Wildman–Crippen LogP) is 2.22. The van der Waals surface area contributed by atoms with E-state index in [9.17, 15) is 9.18 Å². The van der Waals surface area contributed by atoms with Gasteiger partial charge in [-0.05, 0) is 42.9 Å². The third-order valence-corrected chi connectivity index (χ3v) is 5.10. The largest absolute Gasteiger partial charge is 0.381 e.